The van der Waals surface area contributed by atoms with Gasteiger partial charge in [-0.05, 0) is 41.7 Å². The Balaban J connectivity index is 1.99. The molecule has 0 bridgehead atoms. The largest absolute Gasteiger partial charge is 0.372 e. The molecule has 0 spiro atoms. The molecule has 2 nitrogen and oxygen atoms in total. The van der Waals surface area contributed by atoms with E-state index in [9.17, 15) is 0 Å². The number of hydrogen-bond donors (Lipinski definition) is 1. The minimum Gasteiger partial charge on any atom is -0.372 e. The SMILES string of the molecule is Cc1ccc(C)c(C(N)c2ccc3c(c2)COC3)c1. The van der Waals surface area contributed by atoms with E-state index >= 15 is 0 Å². The molecule has 0 saturated heterocycles. The zero-order chi connectivity index (χ0) is 13.4. The standard InChI is InChI=1S/C17H19NO/c1-11-3-4-12(2)16(7-11)17(18)13-5-6-14-9-19-10-15(14)8-13/h3-8,17H,9-10,18H2,1-2H3. The zero-order valence-electron chi connectivity index (χ0n) is 11.4. The van der Waals surface area contributed by atoms with Crippen molar-refractivity contribution in [2.75, 3.05) is 0 Å². The molecule has 0 aromatic heterocycles. The van der Waals surface area contributed by atoms with Gasteiger partial charge in [-0.3, -0.25) is 0 Å². The van der Waals surface area contributed by atoms with Gasteiger partial charge in [-0.25, -0.2) is 0 Å². The molecular formula is C17H19NO. The van der Waals surface area contributed by atoms with Gasteiger partial charge in [0, 0.05) is 0 Å². The Labute approximate surface area is 114 Å². The molecule has 3 rings (SSSR count). The summed E-state index contributed by atoms with van der Waals surface area (Å²) in [5.41, 5.74) is 13.9. The molecule has 0 fully saturated rings. The van der Waals surface area contributed by atoms with Crippen LogP contribution < -0.4 is 5.73 Å². The van der Waals surface area contributed by atoms with E-state index in [4.69, 9.17) is 10.5 Å². The summed E-state index contributed by atoms with van der Waals surface area (Å²) in [4.78, 5) is 0. The predicted octanol–water partition coefficient (Wildman–Crippen LogP) is 3.38. The van der Waals surface area contributed by atoms with Crippen molar-refractivity contribution in [2.45, 2.75) is 33.1 Å². The summed E-state index contributed by atoms with van der Waals surface area (Å²) in [5, 5.41) is 0. The molecule has 0 radical (unpaired) electrons. The third-order valence-electron chi connectivity index (χ3n) is 3.87. The van der Waals surface area contributed by atoms with E-state index in [0.717, 1.165) is 12.2 Å². The van der Waals surface area contributed by atoms with Crippen LogP contribution in [0.15, 0.2) is 36.4 Å². The van der Waals surface area contributed by atoms with Crippen molar-refractivity contribution in [2.24, 2.45) is 5.73 Å². The number of nitrogens with two attached hydrogens (primary N) is 1. The highest BCUT2D eigenvalue weighted by molar-refractivity contribution is 5.42. The molecule has 0 amide bonds. The number of ether oxygens (including phenoxy) is 1. The lowest BCUT2D eigenvalue weighted by atomic mass is 9.92. The van der Waals surface area contributed by atoms with E-state index in [1.54, 1.807) is 0 Å². The van der Waals surface area contributed by atoms with Gasteiger partial charge in [-0.1, -0.05) is 42.0 Å². The van der Waals surface area contributed by atoms with Crippen LogP contribution in [-0.4, -0.2) is 0 Å². The van der Waals surface area contributed by atoms with Crippen molar-refractivity contribution in [3.05, 3.63) is 69.8 Å². The van der Waals surface area contributed by atoms with Crippen LogP contribution in [0.5, 0.6) is 0 Å². The van der Waals surface area contributed by atoms with Gasteiger partial charge in [0.2, 0.25) is 0 Å². The molecule has 19 heavy (non-hydrogen) atoms. The van der Waals surface area contributed by atoms with Crippen LogP contribution in [0, 0.1) is 13.8 Å². The fourth-order valence-electron chi connectivity index (χ4n) is 2.66. The highest BCUT2D eigenvalue weighted by atomic mass is 16.5. The third kappa shape index (κ3) is 2.29. The predicted molar refractivity (Wildman–Crippen MR) is 76.9 cm³/mol. The Morgan fingerprint density at radius 1 is 1.00 bits per heavy atom. The number of aryl methyl sites for hydroxylation is 2. The highest BCUT2D eigenvalue weighted by Crippen LogP contribution is 2.28. The summed E-state index contributed by atoms with van der Waals surface area (Å²) in [7, 11) is 0. The third-order valence-corrected chi connectivity index (χ3v) is 3.87. The summed E-state index contributed by atoms with van der Waals surface area (Å²) < 4.78 is 5.46. The molecule has 2 heteroatoms. The monoisotopic (exact) mass is 253 g/mol. The van der Waals surface area contributed by atoms with Crippen LogP contribution in [0.25, 0.3) is 0 Å². The maximum atomic E-state index is 6.44. The summed E-state index contributed by atoms with van der Waals surface area (Å²) in [6.45, 7) is 5.66. The van der Waals surface area contributed by atoms with Gasteiger partial charge < -0.3 is 10.5 Å². The molecule has 0 aliphatic carbocycles. The Morgan fingerprint density at radius 2 is 1.79 bits per heavy atom. The second kappa shape index (κ2) is 4.80. The molecule has 98 valence electrons. The minimum atomic E-state index is -0.0641. The van der Waals surface area contributed by atoms with E-state index in [0.29, 0.717) is 6.61 Å². The van der Waals surface area contributed by atoms with Crippen LogP contribution in [-0.2, 0) is 18.0 Å². The first-order valence-electron chi connectivity index (χ1n) is 6.67. The van der Waals surface area contributed by atoms with Crippen molar-refractivity contribution >= 4 is 0 Å². The van der Waals surface area contributed by atoms with Crippen LogP contribution in [0.2, 0.25) is 0 Å². The molecule has 1 atom stereocenters. The fraction of sp³-hybridized carbons (Fsp3) is 0.294. The Hall–Kier alpha value is -1.64. The quantitative estimate of drug-likeness (QED) is 0.890. The smallest absolute Gasteiger partial charge is 0.0725 e. The summed E-state index contributed by atoms with van der Waals surface area (Å²) in [6.07, 6.45) is 0. The second-order valence-corrected chi connectivity index (χ2v) is 5.36. The van der Waals surface area contributed by atoms with E-state index in [1.165, 1.54) is 27.8 Å². The molecule has 1 unspecified atom stereocenters. The van der Waals surface area contributed by atoms with Gasteiger partial charge in [-0.2, -0.15) is 0 Å². The molecule has 1 heterocycles. The maximum Gasteiger partial charge on any atom is 0.0725 e. The molecule has 1 aliphatic heterocycles. The van der Waals surface area contributed by atoms with E-state index < -0.39 is 0 Å². The first-order valence-corrected chi connectivity index (χ1v) is 6.67. The lowest BCUT2D eigenvalue weighted by Crippen LogP contribution is -2.13. The van der Waals surface area contributed by atoms with Crippen LogP contribution in [0.3, 0.4) is 0 Å². The fourth-order valence-corrected chi connectivity index (χ4v) is 2.66. The second-order valence-electron chi connectivity index (χ2n) is 5.36. The zero-order valence-corrected chi connectivity index (χ0v) is 11.4. The number of hydrogen-bond acceptors (Lipinski definition) is 2. The first kappa shape index (κ1) is 12.4. The lowest BCUT2D eigenvalue weighted by molar-refractivity contribution is 0.134. The minimum absolute atomic E-state index is 0.0641. The molecule has 1 aliphatic rings. The molecule has 2 N–H and O–H groups in total. The van der Waals surface area contributed by atoms with E-state index in [1.807, 2.05) is 0 Å². The van der Waals surface area contributed by atoms with Gasteiger partial charge in [0.15, 0.2) is 0 Å². The number of fused-ring (bicyclic) bond motifs is 1. The molecule has 0 saturated carbocycles. The highest BCUT2D eigenvalue weighted by Gasteiger charge is 2.16. The Morgan fingerprint density at radius 3 is 2.63 bits per heavy atom. The lowest BCUT2D eigenvalue weighted by Gasteiger charge is -2.17. The van der Waals surface area contributed by atoms with Gasteiger partial charge in [-0.15, -0.1) is 0 Å². The van der Waals surface area contributed by atoms with Crippen molar-refractivity contribution in [1.82, 2.24) is 0 Å². The molecule has 2 aromatic rings. The van der Waals surface area contributed by atoms with Crippen molar-refractivity contribution in [3.8, 4) is 0 Å². The summed E-state index contributed by atoms with van der Waals surface area (Å²) in [5.74, 6) is 0. The maximum absolute atomic E-state index is 6.44. The summed E-state index contributed by atoms with van der Waals surface area (Å²) in [6, 6.07) is 12.8. The summed E-state index contributed by atoms with van der Waals surface area (Å²) >= 11 is 0. The Bertz CT molecular complexity index is 619. The molecule has 2 aromatic carbocycles. The normalized spacial score (nSPS) is 15.3. The average molecular weight is 253 g/mol. The first-order chi connectivity index (χ1) is 9.15. The van der Waals surface area contributed by atoms with Crippen molar-refractivity contribution in [1.29, 1.82) is 0 Å². The number of benzene rings is 2. The van der Waals surface area contributed by atoms with Crippen LogP contribution in [0.1, 0.15) is 39.4 Å². The molecular weight excluding hydrogens is 234 g/mol. The van der Waals surface area contributed by atoms with Crippen LogP contribution in [0.4, 0.5) is 0 Å². The van der Waals surface area contributed by atoms with Gasteiger partial charge >= 0.3 is 0 Å². The van der Waals surface area contributed by atoms with Gasteiger partial charge in [0.25, 0.3) is 0 Å². The van der Waals surface area contributed by atoms with Crippen molar-refractivity contribution in [3.63, 3.8) is 0 Å². The topological polar surface area (TPSA) is 35.2 Å². The Kier molecular flexibility index (Phi) is 3.13. The van der Waals surface area contributed by atoms with Crippen LogP contribution >= 0.6 is 0 Å². The average Bonchev–Trinajstić information content (AvgIpc) is 2.88. The number of rotatable bonds is 2. The van der Waals surface area contributed by atoms with E-state index in [2.05, 4.69) is 50.2 Å². The van der Waals surface area contributed by atoms with Gasteiger partial charge in [0.05, 0.1) is 19.3 Å². The van der Waals surface area contributed by atoms with Gasteiger partial charge in [0.1, 0.15) is 0 Å². The van der Waals surface area contributed by atoms with Crippen molar-refractivity contribution < 1.29 is 4.74 Å². The van der Waals surface area contributed by atoms with E-state index in [-0.39, 0.29) is 6.04 Å².